The molecule has 1 aromatic heterocycles. The van der Waals surface area contributed by atoms with Crippen LogP contribution in [0.25, 0.3) is 22.4 Å². The second-order valence-corrected chi connectivity index (χ2v) is 10.3. The molecule has 6 heteroatoms. The van der Waals surface area contributed by atoms with E-state index < -0.39 is 0 Å². The van der Waals surface area contributed by atoms with Gasteiger partial charge in [-0.1, -0.05) is 39.3 Å². The van der Waals surface area contributed by atoms with Crippen molar-refractivity contribution in [2.45, 2.75) is 52.7 Å². The molecule has 0 radical (unpaired) electrons. The van der Waals surface area contributed by atoms with E-state index in [1.165, 1.54) is 6.42 Å². The molecule has 0 spiro atoms. The standard InChI is InChI=1S/C28H38N3O2.HI/c1-19(2)23-16-11-20(3)17-26(23)33-27(32)18-31-25-10-8-7-9-24(25)30(6)28(31)21-12-14-22(15-13-21)29(4)5;/h7-10,12-15,19-20,23,26H,11,16-18H2,1-6H3;1H/q+1;/p-1/t20-,23+,26?;/m1./s1. The number of ether oxygens (including phenoxy) is 1. The van der Waals surface area contributed by atoms with Crippen LogP contribution in [-0.2, 0) is 23.1 Å². The lowest BCUT2D eigenvalue weighted by molar-refractivity contribution is -0.634. The zero-order valence-electron chi connectivity index (χ0n) is 21.3. The van der Waals surface area contributed by atoms with Gasteiger partial charge in [-0.3, -0.25) is 0 Å². The number of halogens is 1. The van der Waals surface area contributed by atoms with Crippen LogP contribution in [0.2, 0.25) is 0 Å². The molecule has 0 saturated heterocycles. The summed E-state index contributed by atoms with van der Waals surface area (Å²) in [6.07, 6.45) is 3.34. The predicted molar refractivity (Wildman–Crippen MR) is 134 cm³/mol. The molecule has 4 rings (SSSR count). The lowest BCUT2D eigenvalue weighted by Crippen LogP contribution is -3.00. The van der Waals surface area contributed by atoms with E-state index in [-0.39, 0.29) is 42.6 Å². The number of carbonyl (C=O) groups excluding carboxylic acids is 1. The predicted octanol–water partition coefficient (Wildman–Crippen LogP) is 2.21. The molecule has 0 bridgehead atoms. The Hall–Kier alpha value is -2.09. The highest BCUT2D eigenvalue weighted by Crippen LogP contribution is 2.35. The Labute approximate surface area is 221 Å². The van der Waals surface area contributed by atoms with Gasteiger partial charge < -0.3 is 33.6 Å². The summed E-state index contributed by atoms with van der Waals surface area (Å²) in [6, 6.07) is 16.7. The van der Waals surface area contributed by atoms with Crippen molar-refractivity contribution in [2.75, 3.05) is 19.0 Å². The minimum absolute atomic E-state index is 0. The van der Waals surface area contributed by atoms with E-state index in [0.717, 1.165) is 41.0 Å². The van der Waals surface area contributed by atoms with Gasteiger partial charge in [0.05, 0.1) is 12.6 Å². The first-order valence-corrected chi connectivity index (χ1v) is 12.2. The Bertz CT molecular complexity index is 1120. The molecule has 3 atom stereocenters. The molecule has 1 unspecified atom stereocenters. The van der Waals surface area contributed by atoms with Crippen LogP contribution in [-0.4, -0.2) is 30.7 Å². The molecule has 1 aliphatic rings. The van der Waals surface area contributed by atoms with Crippen molar-refractivity contribution in [3.63, 3.8) is 0 Å². The summed E-state index contributed by atoms with van der Waals surface area (Å²) in [5, 5.41) is 0. The SMILES string of the molecule is CC(C)[C@@H]1CC[C@@H](C)CC1OC(=O)Cn1c(-c2ccc(N(C)C)cc2)[n+](C)c2ccccc21.[I-]. The molecule has 5 nitrogen and oxygen atoms in total. The summed E-state index contributed by atoms with van der Waals surface area (Å²) in [5.41, 5.74) is 4.37. The third-order valence-electron chi connectivity index (χ3n) is 7.28. The maximum absolute atomic E-state index is 13.3. The molecule has 184 valence electrons. The minimum Gasteiger partial charge on any atom is -1.00 e. The van der Waals surface area contributed by atoms with E-state index >= 15 is 0 Å². The lowest BCUT2D eigenvalue weighted by atomic mass is 9.75. The summed E-state index contributed by atoms with van der Waals surface area (Å²) in [6.45, 7) is 6.97. The number of rotatable bonds is 6. The van der Waals surface area contributed by atoms with Gasteiger partial charge >= 0.3 is 5.97 Å². The molecule has 0 aliphatic heterocycles. The topological polar surface area (TPSA) is 38.4 Å². The van der Waals surface area contributed by atoms with E-state index in [1.807, 2.05) is 26.2 Å². The van der Waals surface area contributed by atoms with Gasteiger partial charge in [-0.05, 0) is 67.0 Å². The van der Waals surface area contributed by atoms with Crippen molar-refractivity contribution in [1.82, 2.24) is 4.57 Å². The summed E-state index contributed by atoms with van der Waals surface area (Å²) in [4.78, 5) is 15.4. The van der Waals surface area contributed by atoms with Crippen LogP contribution in [0.3, 0.4) is 0 Å². The van der Waals surface area contributed by atoms with Gasteiger partial charge in [0.2, 0.25) is 0 Å². The second kappa shape index (κ2) is 11.1. The van der Waals surface area contributed by atoms with E-state index in [4.69, 9.17) is 4.74 Å². The van der Waals surface area contributed by atoms with Gasteiger partial charge in [0, 0.05) is 19.8 Å². The van der Waals surface area contributed by atoms with Crippen LogP contribution in [0.5, 0.6) is 0 Å². The number of hydrogen-bond donors (Lipinski definition) is 0. The van der Waals surface area contributed by atoms with E-state index in [0.29, 0.717) is 17.8 Å². The molecule has 0 amide bonds. The van der Waals surface area contributed by atoms with Crippen molar-refractivity contribution in [3.8, 4) is 11.4 Å². The first-order valence-electron chi connectivity index (χ1n) is 12.2. The normalized spacial score (nSPS) is 20.3. The highest BCUT2D eigenvalue weighted by atomic mass is 127. The average Bonchev–Trinajstić information content (AvgIpc) is 3.05. The maximum Gasteiger partial charge on any atom is 0.348 e. The number of aromatic nitrogens is 2. The monoisotopic (exact) mass is 575 g/mol. The van der Waals surface area contributed by atoms with Crippen molar-refractivity contribution < 1.29 is 38.1 Å². The summed E-state index contributed by atoms with van der Waals surface area (Å²) in [7, 11) is 6.15. The number of carbonyl (C=O) groups is 1. The molecule has 0 N–H and O–H groups in total. The Kier molecular flexibility index (Phi) is 8.66. The average molecular weight is 576 g/mol. The summed E-state index contributed by atoms with van der Waals surface area (Å²) in [5.74, 6) is 2.43. The third kappa shape index (κ3) is 5.42. The molecular formula is C28H38IN3O2. The minimum atomic E-state index is -0.146. The number of fused-ring (bicyclic) bond motifs is 1. The maximum atomic E-state index is 13.3. The van der Waals surface area contributed by atoms with Crippen molar-refractivity contribution in [1.29, 1.82) is 0 Å². The highest BCUT2D eigenvalue weighted by Gasteiger charge is 2.34. The number of para-hydroxylation sites is 2. The fraction of sp³-hybridized carbons (Fsp3) is 0.500. The first kappa shape index (κ1) is 26.5. The van der Waals surface area contributed by atoms with Crippen LogP contribution < -0.4 is 33.4 Å². The number of esters is 1. The van der Waals surface area contributed by atoms with Crippen molar-refractivity contribution in [2.24, 2.45) is 24.8 Å². The van der Waals surface area contributed by atoms with Crippen LogP contribution in [0.15, 0.2) is 48.5 Å². The van der Waals surface area contributed by atoms with Gasteiger partial charge in [-0.15, -0.1) is 0 Å². The zero-order chi connectivity index (χ0) is 23.7. The number of hydrogen-bond acceptors (Lipinski definition) is 3. The summed E-state index contributed by atoms with van der Waals surface area (Å²) < 4.78 is 10.4. The number of anilines is 1. The fourth-order valence-corrected chi connectivity index (χ4v) is 5.39. The molecule has 1 aliphatic carbocycles. The van der Waals surface area contributed by atoms with E-state index in [1.54, 1.807) is 0 Å². The lowest BCUT2D eigenvalue weighted by Gasteiger charge is -2.36. The molecule has 1 fully saturated rings. The van der Waals surface area contributed by atoms with Gasteiger partial charge in [0.15, 0.2) is 17.6 Å². The molecule has 34 heavy (non-hydrogen) atoms. The van der Waals surface area contributed by atoms with Gasteiger partial charge in [0.1, 0.15) is 6.10 Å². The van der Waals surface area contributed by atoms with Gasteiger partial charge in [0.25, 0.3) is 5.82 Å². The van der Waals surface area contributed by atoms with Gasteiger partial charge in [-0.2, -0.15) is 0 Å². The quantitative estimate of drug-likeness (QED) is 0.257. The van der Waals surface area contributed by atoms with E-state index in [9.17, 15) is 4.79 Å². The molecule has 2 aromatic carbocycles. The molecule has 3 aromatic rings. The number of aryl methyl sites for hydroxylation is 1. The zero-order valence-corrected chi connectivity index (χ0v) is 23.5. The number of imidazole rings is 1. The summed E-state index contributed by atoms with van der Waals surface area (Å²) >= 11 is 0. The van der Waals surface area contributed by atoms with Crippen LogP contribution in [0, 0.1) is 17.8 Å². The Morgan fingerprint density at radius 3 is 2.44 bits per heavy atom. The Morgan fingerprint density at radius 1 is 1.12 bits per heavy atom. The fourth-order valence-electron chi connectivity index (χ4n) is 5.39. The van der Waals surface area contributed by atoms with Crippen LogP contribution >= 0.6 is 0 Å². The van der Waals surface area contributed by atoms with Crippen molar-refractivity contribution in [3.05, 3.63) is 48.5 Å². The van der Waals surface area contributed by atoms with Gasteiger partial charge in [-0.25, -0.2) is 13.9 Å². The Balaban J connectivity index is 0.00000324. The first-order chi connectivity index (χ1) is 15.8. The smallest absolute Gasteiger partial charge is 0.348 e. The Morgan fingerprint density at radius 2 is 1.79 bits per heavy atom. The second-order valence-electron chi connectivity index (χ2n) is 10.3. The molecular weight excluding hydrogens is 537 g/mol. The van der Waals surface area contributed by atoms with Crippen LogP contribution in [0.1, 0.15) is 40.0 Å². The van der Waals surface area contributed by atoms with Crippen LogP contribution in [0.4, 0.5) is 5.69 Å². The third-order valence-corrected chi connectivity index (χ3v) is 7.28. The number of benzene rings is 2. The van der Waals surface area contributed by atoms with Crippen molar-refractivity contribution >= 4 is 22.7 Å². The molecule has 1 heterocycles. The van der Waals surface area contributed by atoms with E-state index in [2.05, 4.69) is 78.3 Å². The molecule has 1 saturated carbocycles. The highest BCUT2D eigenvalue weighted by molar-refractivity contribution is 5.80. The number of nitrogens with zero attached hydrogens (tertiary/aromatic N) is 3. The largest absolute Gasteiger partial charge is 1.00 e.